The second kappa shape index (κ2) is 5.40. The van der Waals surface area contributed by atoms with Gasteiger partial charge in [0.1, 0.15) is 0 Å². The van der Waals surface area contributed by atoms with Gasteiger partial charge in [-0.15, -0.1) is 0 Å². The Labute approximate surface area is 108 Å². The number of phenols is 1. The summed E-state index contributed by atoms with van der Waals surface area (Å²) >= 11 is 0. The van der Waals surface area contributed by atoms with Crippen molar-refractivity contribution in [3.05, 3.63) is 23.3 Å². The van der Waals surface area contributed by atoms with Crippen molar-refractivity contribution in [2.45, 2.75) is 32.6 Å². The van der Waals surface area contributed by atoms with Crippen LogP contribution in [0.15, 0.2) is 12.1 Å². The fraction of sp³-hybridized carbons (Fsp3) is 0.500. The van der Waals surface area contributed by atoms with E-state index in [0.29, 0.717) is 5.75 Å². The summed E-state index contributed by atoms with van der Waals surface area (Å²) in [6, 6.07) is 3.48. The Bertz CT molecular complexity index is 447. The molecule has 3 N–H and O–H groups in total. The molecule has 0 bridgehead atoms. The number of nitrogens with two attached hydrogens (primary N) is 1. The number of Topliss-reactive ketones (excluding diaryl/α,β-unsaturated/α-hetero) is 1. The van der Waals surface area contributed by atoms with E-state index in [9.17, 15) is 9.90 Å². The number of methoxy groups -OCH3 is 1. The van der Waals surface area contributed by atoms with E-state index in [1.807, 2.05) is 20.8 Å². The molecule has 0 heterocycles. The molecule has 0 radical (unpaired) electrons. The molecule has 0 aliphatic carbocycles. The third kappa shape index (κ3) is 3.01. The summed E-state index contributed by atoms with van der Waals surface area (Å²) in [7, 11) is 1.47. The Balaban J connectivity index is 3.36. The normalized spacial score (nSPS) is 11.4. The second-order valence-corrected chi connectivity index (χ2v) is 5.29. The van der Waals surface area contributed by atoms with E-state index in [4.69, 9.17) is 10.5 Å². The van der Waals surface area contributed by atoms with Crippen molar-refractivity contribution in [3.8, 4) is 11.5 Å². The van der Waals surface area contributed by atoms with E-state index in [1.165, 1.54) is 7.11 Å². The summed E-state index contributed by atoms with van der Waals surface area (Å²) in [5.41, 5.74) is 6.48. The number of ketones is 1. The zero-order chi connectivity index (χ0) is 13.9. The van der Waals surface area contributed by atoms with E-state index in [2.05, 4.69) is 0 Å². The van der Waals surface area contributed by atoms with Gasteiger partial charge in [0.2, 0.25) is 0 Å². The van der Waals surface area contributed by atoms with E-state index in [0.717, 1.165) is 5.56 Å². The van der Waals surface area contributed by atoms with Crippen LogP contribution in [0.5, 0.6) is 11.5 Å². The maximum Gasteiger partial charge on any atom is 0.168 e. The van der Waals surface area contributed by atoms with Gasteiger partial charge in [-0.1, -0.05) is 20.8 Å². The Morgan fingerprint density at radius 3 is 2.44 bits per heavy atom. The molecular formula is C14H21NO3. The minimum Gasteiger partial charge on any atom is -0.504 e. The molecule has 0 saturated carbocycles. The van der Waals surface area contributed by atoms with Gasteiger partial charge in [0.25, 0.3) is 0 Å². The zero-order valence-electron chi connectivity index (χ0n) is 11.4. The van der Waals surface area contributed by atoms with Crippen LogP contribution < -0.4 is 10.5 Å². The molecule has 4 nitrogen and oxygen atoms in total. The first kappa shape index (κ1) is 14.5. The topological polar surface area (TPSA) is 72.5 Å². The molecule has 100 valence electrons. The summed E-state index contributed by atoms with van der Waals surface area (Å²) in [6.45, 7) is 6.38. The van der Waals surface area contributed by atoms with Crippen LogP contribution in [0.25, 0.3) is 0 Å². The fourth-order valence-electron chi connectivity index (χ4n) is 1.67. The molecule has 0 atom stereocenters. The summed E-state index contributed by atoms with van der Waals surface area (Å²) in [5, 5.41) is 9.99. The Hall–Kier alpha value is -1.55. The minimum absolute atomic E-state index is 0.107. The smallest absolute Gasteiger partial charge is 0.168 e. The summed E-state index contributed by atoms with van der Waals surface area (Å²) in [6.07, 6.45) is 0.213. The highest BCUT2D eigenvalue weighted by molar-refractivity contribution is 5.99. The SMILES string of the molecule is COc1cc(C(C)(C)C)cc(C(=O)CCN)c1O. The van der Waals surface area contributed by atoms with Crippen molar-refractivity contribution >= 4 is 5.78 Å². The quantitative estimate of drug-likeness (QED) is 0.805. The monoisotopic (exact) mass is 251 g/mol. The van der Waals surface area contributed by atoms with Gasteiger partial charge in [-0.2, -0.15) is 0 Å². The van der Waals surface area contributed by atoms with Crippen LogP contribution in [0.1, 0.15) is 43.1 Å². The predicted octanol–water partition coefficient (Wildman–Crippen LogP) is 2.23. The summed E-state index contributed by atoms with van der Waals surface area (Å²) in [5.74, 6) is 0.0474. The lowest BCUT2D eigenvalue weighted by molar-refractivity contribution is 0.0982. The zero-order valence-corrected chi connectivity index (χ0v) is 11.4. The first-order valence-electron chi connectivity index (χ1n) is 5.96. The van der Waals surface area contributed by atoms with Crippen LogP contribution in [0, 0.1) is 0 Å². The van der Waals surface area contributed by atoms with Crippen LogP contribution in [0.2, 0.25) is 0 Å². The van der Waals surface area contributed by atoms with Crippen LogP contribution in [-0.2, 0) is 5.41 Å². The van der Waals surface area contributed by atoms with E-state index in [1.54, 1.807) is 12.1 Å². The average molecular weight is 251 g/mol. The van der Waals surface area contributed by atoms with Gasteiger partial charge in [-0.3, -0.25) is 4.79 Å². The number of benzene rings is 1. The number of aromatic hydroxyl groups is 1. The Morgan fingerprint density at radius 2 is 2.00 bits per heavy atom. The maximum atomic E-state index is 11.9. The standard InChI is InChI=1S/C14H21NO3/c1-14(2,3)9-7-10(11(16)5-6-15)13(17)12(8-9)18-4/h7-8,17H,5-6,15H2,1-4H3. The molecule has 0 amide bonds. The number of phenolic OH excluding ortho intramolecular Hbond substituents is 1. The van der Waals surface area contributed by atoms with E-state index >= 15 is 0 Å². The van der Waals surface area contributed by atoms with Gasteiger partial charge in [-0.25, -0.2) is 0 Å². The summed E-state index contributed by atoms with van der Waals surface area (Å²) in [4.78, 5) is 11.9. The van der Waals surface area contributed by atoms with Gasteiger partial charge >= 0.3 is 0 Å². The van der Waals surface area contributed by atoms with Crippen molar-refractivity contribution in [1.29, 1.82) is 0 Å². The highest BCUT2D eigenvalue weighted by Gasteiger charge is 2.21. The van der Waals surface area contributed by atoms with Crippen LogP contribution in [-0.4, -0.2) is 24.5 Å². The van der Waals surface area contributed by atoms with Crippen molar-refractivity contribution in [1.82, 2.24) is 0 Å². The fourth-order valence-corrected chi connectivity index (χ4v) is 1.67. The van der Waals surface area contributed by atoms with Gasteiger partial charge in [0, 0.05) is 6.42 Å². The minimum atomic E-state index is -0.167. The first-order chi connectivity index (χ1) is 8.31. The third-order valence-electron chi connectivity index (χ3n) is 2.83. The van der Waals surface area contributed by atoms with Gasteiger partial charge in [0.05, 0.1) is 12.7 Å². The number of carbonyl (C=O) groups is 1. The second-order valence-electron chi connectivity index (χ2n) is 5.29. The highest BCUT2D eigenvalue weighted by atomic mass is 16.5. The lowest BCUT2D eigenvalue weighted by Gasteiger charge is -2.21. The molecule has 0 fully saturated rings. The van der Waals surface area contributed by atoms with Crippen LogP contribution in [0.4, 0.5) is 0 Å². The van der Waals surface area contributed by atoms with Gasteiger partial charge in [-0.05, 0) is 29.7 Å². The Kier molecular flexibility index (Phi) is 4.35. The number of carbonyl (C=O) groups excluding carboxylic acids is 1. The highest BCUT2D eigenvalue weighted by Crippen LogP contribution is 2.36. The van der Waals surface area contributed by atoms with Crippen molar-refractivity contribution in [2.75, 3.05) is 13.7 Å². The number of rotatable bonds is 4. The maximum absolute atomic E-state index is 11.9. The predicted molar refractivity (Wildman–Crippen MR) is 71.4 cm³/mol. The lowest BCUT2D eigenvalue weighted by Crippen LogP contribution is -2.14. The molecule has 1 aromatic carbocycles. The van der Waals surface area contributed by atoms with Gasteiger partial charge in [0.15, 0.2) is 17.3 Å². The van der Waals surface area contributed by atoms with Gasteiger partial charge < -0.3 is 15.6 Å². The molecular weight excluding hydrogens is 230 g/mol. The summed E-state index contributed by atoms with van der Waals surface area (Å²) < 4.78 is 5.12. The molecule has 1 aromatic rings. The molecule has 0 aromatic heterocycles. The average Bonchev–Trinajstić information content (AvgIpc) is 2.28. The molecule has 4 heteroatoms. The molecule has 0 unspecified atom stereocenters. The molecule has 0 spiro atoms. The van der Waals surface area contributed by atoms with Crippen LogP contribution in [0.3, 0.4) is 0 Å². The Morgan fingerprint density at radius 1 is 1.39 bits per heavy atom. The third-order valence-corrected chi connectivity index (χ3v) is 2.83. The first-order valence-corrected chi connectivity index (χ1v) is 5.96. The molecule has 1 rings (SSSR count). The van der Waals surface area contributed by atoms with Crippen LogP contribution >= 0.6 is 0 Å². The van der Waals surface area contributed by atoms with Crippen molar-refractivity contribution in [2.24, 2.45) is 5.73 Å². The molecule has 18 heavy (non-hydrogen) atoms. The molecule has 0 saturated heterocycles. The largest absolute Gasteiger partial charge is 0.504 e. The number of hydrogen-bond donors (Lipinski definition) is 2. The molecule has 0 aliphatic heterocycles. The number of ether oxygens (including phenoxy) is 1. The van der Waals surface area contributed by atoms with E-state index in [-0.39, 0.29) is 35.5 Å². The molecule has 0 aliphatic rings. The van der Waals surface area contributed by atoms with Crippen molar-refractivity contribution in [3.63, 3.8) is 0 Å². The number of hydrogen-bond acceptors (Lipinski definition) is 4. The van der Waals surface area contributed by atoms with E-state index < -0.39 is 0 Å². The lowest BCUT2D eigenvalue weighted by atomic mass is 9.85. The van der Waals surface area contributed by atoms with Crippen molar-refractivity contribution < 1.29 is 14.6 Å².